The average Bonchev–Trinajstić information content (AvgIpc) is 2.81. The van der Waals surface area contributed by atoms with Crippen molar-refractivity contribution in [2.24, 2.45) is 5.92 Å². The van der Waals surface area contributed by atoms with Gasteiger partial charge < -0.3 is 14.7 Å². The van der Waals surface area contributed by atoms with Gasteiger partial charge in [-0.15, -0.1) is 11.3 Å². The molecule has 0 aromatic carbocycles. The van der Waals surface area contributed by atoms with Crippen molar-refractivity contribution >= 4 is 39.7 Å². The topological polar surface area (TPSA) is 69.1 Å². The Morgan fingerprint density at radius 3 is 2.71 bits per heavy atom. The zero-order valence-electron chi connectivity index (χ0n) is 9.48. The molecule has 6 heteroatoms. The maximum Gasteiger partial charge on any atom is 0.214 e. The molecular weight excluding hydrogens is 255 g/mol. The number of nitrogen functional groups attached to an aromatic ring is 1. The molecule has 88 valence electrons. The molecule has 2 N–H and O–H groups in total. The van der Waals surface area contributed by atoms with Crippen LogP contribution >= 0.6 is 18.5 Å². The van der Waals surface area contributed by atoms with E-state index < -0.39 is 7.14 Å². The summed E-state index contributed by atoms with van der Waals surface area (Å²) in [5, 5.41) is 2.47. The number of fused-ring (bicyclic) bond motifs is 1. The number of thiazole rings is 1. The highest BCUT2D eigenvalue weighted by Crippen LogP contribution is 2.70. The molecule has 5 rings (SSSR count). The lowest BCUT2D eigenvalue weighted by Crippen LogP contribution is -1.98. The van der Waals surface area contributed by atoms with Gasteiger partial charge in [-0.2, -0.15) is 0 Å². The molecule has 0 saturated heterocycles. The molecule has 0 radical (unpaired) electrons. The highest BCUT2D eigenvalue weighted by Gasteiger charge is 2.75. The Morgan fingerprint density at radius 2 is 2.18 bits per heavy atom. The number of furan rings is 1. The van der Waals surface area contributed by atoms with E-state index in [1.54, 1.807) is 0 Å². The second kappa shape index (κ2) is 2.68. The van der Waals surface area contributed by atoms with Crippen LogP contribution in [0, 0.1) is 5.92 Å². The van der Waals surface area contributed by atoms with E-state index in [1.165, 1.54) is 11.3 Å². The number of nitrogens with two attached hydrogens (primary N) is 1. The molecule has 1 unspecified atom stereocenters. The van der Waals surface area contributed by atoms with Gasteiger partial charge in [-0.3, -0.25) is 0 Å². The molecule has 0 aliphatic carbocycles. The van der Waals surface area contributed by atoms with Crippen molar-refractivity contribution in [2.45, 2.75) is 20.3 Å². The van der Waals surface area contributed by atoms with Crippen LogP contribution in [0.3, 0.4) is 0 Å². The predicted molar refractivity (Wildman–Crippen MR) is 69.3 cm³/mol. The molecule has 0 spiro atoms. The minimum atomic E-state index is -2.15. The van der Waals surface area contributed by atoms with Gasteiger partial charge >= 0.3 is 0 Å². The van der Waals surface area contributed by atoms with E-state index in [4.69, 9.17) is 10.2 Å². The van der Waals surface area contributed by atoms with Crippen LogP contribution in [0.25, 0.3) is 11.5 Å². The monoisotopic (exact) mass is 266 g/mol. The van der Waals surface area contributed by atoms with Crippen LogP contribution in [0.2, 0.25) is 0 Å². The third-order valence-corrected chi connectivity index (χ3v) is 6.64. The van der Waals surface area contributed by atoms with E-state index in [0.717, 1.165) is 38.9 Å². The summed E-state index contributed by atoms with van der Waals surface area (Å²) >= 11 is 1.50. The molecule has 3 aliphatic rings. The van der Waals surface area contributed by atoms with Gasteiger partial charge in [-0.05, 0) is 12.3 Å². The fraction of sp³-hybridized carbons (Fsp3) is 0.364. The van der Waals surface area contributed by atoms with Gasteiger partial charge in [0, 0.05) is 4.88 Å². The Balaban J connectivity index is 1.82. The molecule has 0 saturated carbocycles. The normalized spacial score (nSPS) is 23.0. The van der Waals surface area contributed by atoms with Crippen molar-refractivity contribution in [2.75, 3.05) is 5.73 Å². The molecule has 2 aromatic rings. The first-order chi connectivity index (χ1) is 8.03. The third kappa shape index (κ3) is 1.04. The summed E-state index contributed by atoms with van der Waals surface area (Å²) in [6, 6.07) is 0. The zero-order chi connectivity index (χ0) is 11.9. The van der Waals surface area contributed by atoms with Crippen molar-refractivity contribution in [1.29, 1.82) is 0 Å². The van der Waals surface area contributed by atoms with Crippen molar-refractivity contribution in [3.63, 3.8) is 0 Å². The lowest BCUT2D eigenvalue weighted by molar-refractivity contribution is 0.590. The summed E-state index contributed by atoms with van der Waals surface area (Å²) in [5.74, 6) is 1.26. The summed E-state index contributed by atoms with van der Waals surface area (Å²) in [6.45, 7) is 4.31. The molecule has 3 aliphatic heterocycles. The van der Waals surface area contributed by atoms with Gasteiger partial charge in [0.15, 0.2) is 16.4 Å². The summed E-state index contributed by atoms with van der Waals surface area (Å²) in [4.78, 5) is 5.47. The lowest BCUT2D eigenvalue weighted by atomic mass is 10.1. The molecule has 0 fully saturated rings. The van der Waals surface area contributed by atoms with Gasteiger partial charge in [0.2, 0.25) is 7.14 Å². The fourth-order valence-corrected chi connectivity index (χ4v) is 5.84. The van der Waals surface area contributed by atoms with Gasteiger partial charge in [0.05, 0.1) is 10.6 Å². The van der Waals surface area contributed by atoms with Gasteiger partial charge in [-0.25, -0.2) is 4.98 Å². The first-order valence-corrected chi connectivity index (χ1v) is 8.10. The van der Waals surface area contributed by atoms with Crippen LogP contribution in [0.15, 0.2) is 4.42 Å². The summed E-state index contributed by atoms with van der Waals surface area (Å²) in [5.41, 5.74) is 7.31. The Morgan fingerprint density at radius 1 is 1.47 bits per heavy atom. The molecule has 0 amide bonds. The zero-order valence-corrected chi connectivity index (χ0v) is 11.2. The van der Waals surface area contributed by atoms with E-state index in [9.17, 15) is 4.57 Å². The largest absolute Gasteiger partial charge is 0.449 e. The second-order valence-corrected chi connectivity index (χ2v) is 8.60. The van der Waals surface area contributed by atoms with E-state index in [2.05, 4.69) is 18.8 Å². The molecule has 4 nitrogen and oxygen atoms in total. The van der Waals surface area contributed by atoms with Crippen LogP contribution in [-0.4, -0.2) is 4.98 Å². The van der Waals surface area contributed by atoms with E-state index in [0.29, 0.717) is 11.0 Å². The van der Waals surface area contributed by atoms with Crippen molar-refractivity contribution in [3.8, 4) is 11.5 Å². The van der Waals surface area contributed by atoms with Crippen LogP contribution < -0.4 is 21.8 Å². The maximum atomic E-state index is 11.9. The number of hydrogen-bond donors (Lipinski definition) is 1. The van der Waals surface area contributed by atoms with Crippen LogP contribution in [-0.2, 0) is 11.0 Å². The summed E-state index contributed by atoms with van der Waals surface area (Å²) < 4.78 is 17.5. The summed E-state index contributed by atoms with van der Waals surface area (Å²) in [6.07, 6.45) is 0.930. The molecular formula is C11H11N2O2PS. The van der Waals surface area contributed by atoms with Crippen molar-refractivity contribution in [1.82, 2.24) is 4.98 Å². The Labute approximate surface area is 102 Å². The Hall–Kier alpha value is -1.06. The van der Waals surface area contributed by atoms with Crippen LogP contribution in [0.4, 0.5) is 5.13 Å². The third-order valence-electron chi connectivity index (χ3n) is 3.18. The number of rotatable bonds is 3. The van der Waals surface area contributed by atoms with Crippen LogP contribution in [0.1, 0.15) is 18.7 Å². The molecule has 17 heavy (non-hydrogen) atoms. The Bertz CT molecular complexity index is 704. The van der Waals surface area contributed by atoms with Crippen molar-refractivity contribution in [3.05, 3.63) is 4.88 Å². The standard InChI is InChI=1S/C11H11N2O2PS/c1-4(2)3-5-6(13-11(12)17-5)7-8-9-10(15-7)16(8,9)14/h4H,3H2,1-2H3,(H2,12,13). The number of aromatic nitrogens is 1. The first kappa shape index (κ1) is 9.92. The minimum absolute atomic E-state index is 0.541. The highest BCUT2D eigenvalue weighted by molar-refractivity contribution is 8.06. The maximum absolute atomic E-state index is 11.9. The molecule has 1 atom stereocenters. The highest BCUT2D eigenvalue weighted by atomic mass is 32.1. The van der Waals surface area contributed by atoms with E-state index >= 15 is 0 Å². The van der Waals surface area contributed by atoms with E-state index in [-0.39, 0.29) is 0 Å². The Kier molecular flexibility index (Phi) is 1.56. The first-order valence-electron chi connectivity index (χ1n) is 5.57. The number of nitrogens with zero attached hydrogens (tertiary/aromatic N) is 1. The van der Waals surface area contributed by atoms with Gasteiger partial charge in [0.1, 0.15) is 5.69 Å². The number of anilines is 1. The van der Waals surface area contributed by atoms with Crippen molar-refractivity contribution < 1.29 is 8.98 Å². The van der Waals surface area contributed by atoms with Crippen LogP contribution in [0.5, 0.6) is 0 Å². The quantitative estimate of drug-likeness (QED) is 0.570. The van der Waals surface area contributed by atoms with Gasteiger partial charge in [-0.1, -0.05) is 13.8 Å². The molecule has 2 aromatic heterocycles. The van der Waals surface area contributed by atoms with E-state index in [1.807, 2.05) is 0 Å². The lowest BCUT2D eigenvalue weighted by Gasteiger charge is -2.02. The number of hydrogen-bond acceptors (Lipinski definition) is 5. The molecule has 5 heterocycles. The SMILES string of the molecule is CC(C)Cc1sc(N)nc1-c1oc2c3c1P23=O. The average molecular weight is 266 g/mol. The minimum Gasteiger partial charge on any atom is -0.449 e. The fourth-order valence-electron chi connectivity index (χ4n) is 2.32. The predicted octanol–water partition coefficient (Wildman–Crippen LogP) is 1.45. The second-order valence-electron chi connectivity index (χ2n) is 4.96. The summed E-state index contributed by atoms with van der Waals surface area (Å²) in [7, 11) is -2.15. The molecule has 2 bridgehead atoms. The smallest absolute Gasteiger partial charge is 0.214 e. The van der Waals surface area contributed by atoms with Gasteiger partial charge in [0.25, 0.3) is 0 Å².